The molecule has 82 valence electrons. The van der Waals surface area contributed by atoms with Crippen LogP contribution < -0.4 is 5.32 Å². The van der Waals surface area contributed by atoms with Crippen LogP contribution >= 0.6 is 0 Å². The van der Waals surface area contributed by atoms with Gasteiger partial charge in [0.25, 0.3) is 0 Å². The van der Waals surface area contributed by atoms with Crippen LogP contribution in [0.5, 0.6) is 0 Å². The number of nitrogens with one attached hydrogen (secondary N) is 1. The van der Waals surface area contributed by atoms with Crippen molar-refractivity contribution in [2.45, 2.75) is 31.4 Å². The fraction of sp³-hybridized carbons (Fsp3) is 0.538. The Kier molecular flexibility index (Phi) is 3.75. The van der Waals surface area contributed by atoms with Gasteiger partial charge >= 0.3 is 0 Å². The summed E-state index contributed by atoms with van der Waals surface area (Å²) in [4.78, 5) is 0. The first-order valence-electron chi connectivity index (χ1n) is 5.70. The first-order chi connectivity index (χ1) is 7.40. The maximum Gasteiger partial charge on any atom is 0.0764 e. The predicted octanol–water partition coefficient (Wildman–Crippen LogP) is 2.00. The van der Waals surface area contributed by atoms with Crippen molar-refractivity contribution < 1.29 is 4.74 Å². The SMILES string of the molecule is COC(Cc1ccccc1)C1CCCN1. The van der Waals surface area contributed by atoms with Crippen LogP contribution in [-0.4, -0.2) is 25.8 Å². The molecule has 1 aliphatic heterocycles. The first-order valence-corrected chi connectivity index (χ1v) is 5.70. The summed E-state index contributed by atoms with van der Waals surface area (Å²) in [5, 5.41) is 3.50. The number of ether oxygens (including phenoxy) is 1. The third-order valence-electron chi connectivity index (χ3n) is 3.13. The lowest BCUT2D eigenvalue weighted by Gasteiger charge is -2.22. The second kappa shape index (κ2) is 5.29. The van der Waals surface area contributed by atoms with Gasteiger partial charge in [-0.1, -0.05) is 30.3 Å². The molecule has 1 fully saturated rings. The molecule has 0 aliphatic carbocycles. The second-order valence-corrected chi connectivity index (χ2v) is 4.17. The highest BCUT2D eigenvalue weighted by atomic mass is 16.5. The number of hydrogen-bond donors (Lipinski definition) is 1. The van der Waals surface area contributed by atoms with E-state index in [0.29, 0.717) is 12.1 Å². The number of hydrogen-bond acceptors (Lipinski definition) is 2. The zero-order chi connectivity index (χ0) is 10.5. The van der Waals surface area contributed by atoms with E-state index in [1.54, 1.807) is 0 Å². The van der Waals surface area contributed by atoms with E-state index in [1.807, 2.05) is 7.11 Å². The van der Waals surface area contributed by atoms with Crippen LogP contribution in [0.1, 0.15) is 18.4 Å². The van der Waals surface area contributed by atoms with Crippen molar-refractivity contribution in [1.82, 2.24) is 5.32 Å². The largest absolute Gasteiger partial charge is 0.379 e. The molecule has 1 aromatic carbocycles. The second-order valence-electron chi connectivity index (χ2n) is 4.17. The lowest BCUT2D eigenvalue weighted by Crippen LogP contribution is -2.37. The monoisotopic (exact) mass is 205 g/mol. The van der Waals surface area contributed by atoms with Gasteiger partial charge in [-0.25, -0.2) is 0 Å². The molecular formula is C13H19NO. The van der Waals surface area contributed by atoms with Gasteiger partial charge in [0, 0.05) is 19.6 Å². The molecule has 1 aliphatic rings. The van der Waals surface area contributed by atoms with E-state index in [-0.39, 0.29) is 0 Å². The standard InChI is InChI=1S/C13H19NO/c1-15-13(12-8-5-9-14-12)10-11-6-3-2-4-7-11/h2-4,6-7,12-14H,5,8-10H2,1H3. The Morgan fingerprint density at radius 1 is 1.40 bits per heavy atom. The van der Waals surface area contributed by atoms with Gasteiger partial charge in [-0.05, 0) is 24.9 Å². The molecule has 2 nitrogen and oxygen atoms in total. The summed E-state index contributed by atoms with van der Waals surface area (Å²) in [5.41, 5.74) is 1.36. The average molecular weight is 205 g/mol. The van der Waals surface area contributed by atoms with Crippen LogP contribution in [0.25, 0.3) is 0 Å². The number of methoxy groups -OCH3 is 1. The Hall–Kier alpha value is -0.860. The quantitative estimate of drug-likeness (QED) is 0.811. The zero-order valence-corrected chi connectivity index (χ0v) is 9.28. The molecule has 1 N–H and O–H groups in total. The molecule has 1 saturated heterocycles. The van der Waals surface area contributed by atoms with Crippen LogP contribution in [0.2, 0.25) is 0 Å². The van der Waals surface area contributed by atoms with Crippen molar-refractivity contribution in [3.05, 3.63) is 35.9 Å². The molecule has 0 bridgehead atoms. The van der Waals surface area contributed by atoms with Crippen LogP contribution in [0.15, 0.2) is 30.3 Å². The molecule has 2 unspecified atom stereocenters. The molecule has 0 radical (unpaired) electrons. The minimum atomic E-state index is 0.315. The number of rotatable bonds is 4. The Morgan fingerprint density at radius 2 is 2.20 bits per heavy atom. The van der Waals surface area contributed by atoms with Gasteiger partial charge < -0.3 is 10.1 Å². The highest BCUT2D eigenvalue weighted by molar-refractivity contribution is 5.16. The Balaban J connectivity index is 1.96. The van der Waals surface area contributed by atoms with Crippen molar-refractivity contribution in [3.63, 3.8) is 0 Å². The molecule has 0 aromatic heterocycles. The lowest BCUT2D eigenvalue weighted by molar-refractivity contribution is 0.0746. The van der Waals surface area contributed by atoms with Crippen LogP contribution in [0.3, 0.4) is 0 Å². The molecule has 2 rings (SSSR count). The molecule has 2 heteroatoms. The molecule has 1 aromatic rings. The summed E-state index contributed by atoms with van der Waals surface area (Å²) in [5.74, 6) is 0. The van der Waals surface area contributed by atoms with Gasteiger partial charge in [-0.3, -0.25) is 0 Å². The summed E-state index contributed by atoms with van der Waals surface area (Å²) < 4.78 is 5.58. The summed E-state index contributed by atoms with van der Waals surface area (Å²) in [7, 11) is 1.81. The summed E-state index contributed by atoms with van der Waals surface area (Å²) in [6, 6.07) is 11.1. The van der Waals surface area contributed by atoms with E-state index in [2.05, 4.69) is 35.6 Å². The average Bonchev–Trinajstić information content (AvgIpc) is 2.81. The Morgan fingerprint density at radius 3 is 2.80 bits per heavy atom. The molecule has 2 atom stereocenters. The van der Waals surface area contributed by atoms with E-state index in [9.17, 15) is 0 Å². The molecule has 0 spiro atoms. The molecular weight excluding hydrogens is 186 g/mol. The fourth-order valence-corrected chi connectivity index (χ4v) is 2.27. The highest BCUT2D eigenvalue weighted by Gasteiger charge is 2.24. The van der Waals surface area contributed by atoms with Gasteiger partial charge in [-0.15, -0.1) is 0 Å². The fourth-order valence-electron chi connectivity index (χ4n) is 2.27. The van der Waals surface area contributed by atoms with Crippen molar-refractivity contribution in [3.8, 4) is 0 Å². The predicted molar refractivity (Wildman–Crippen MR) is 62.0 cm³/mol. The van der Waals surface area contributed by atoms with Gasteiger partial charge in [0.1, 0.15) is 0 Å². The Labute approximate surface area is 91.6 Å². The minimum absolute atomic E-state index is 0.315. The third kappa shape index (κ3) is 2.80. The van der Waals surface area contributed by atoms with Crippen LogP contribution in [0, 0.1) is 0 Å². The van der Waals surface area contributed by atoms with Crippen LogP contribution in [0.4, 0.5) is 0 Å². The van der Waals surface area contributed by atoms with Crippen molar-refractivity contribution in [2.24, 2.45) is 0 Å². The summed E-state index contributed by atoms with van der Waals surface area (Å²) in [6.07, 6.45) is 3.84. The maximum atomic E-state index is 5.58. The van der Waals surface area contributed by atoms with E-state index in [1.165, 1.54) is 18.4 Å². The van der Waals surface area contributed by atoms with Crippen LogP contribution in [-0.2, 0) is 11.2 Å². The lowest BCUT2D eigenvalue weighted by atomic mass is 10.0. The normalized spacial score (nSPS) is 22.9. The number of benzene rings is 1. The smallest absolute Gasteiger partial charge is 0.0764 e. The molecule has 1 heterocycles. The molecule has 15 heavy (non-hydrogen) atoms. The highest BCUT2D eigenvalue weighted by Crippen LogP contribution is 2.15. The van der Waals surface area contributed by atoms with E-state index in [0.717, 1.165) is 13.0 Å². The molecule has 0 amide bonds. The van der Waals surface area contributed by atoms with Gasteiger partial charge in [0.15, 0.2) is 0 Å². The Bertz CT molecular complexity index is 280. The first kappa shape index (κ1) is 10.7. The summed E-state index contributed by atoms with van der Waals surface area (Å²) >= 11 is 0. The van der Waals surface area contributed by atoms with Gasteiger partial charge in [-0.2, -0.15) is 0 Å². The van der Waals surface area contributed by atoms with Gasteiger partial charge in [0.05, 0.1) is 6.10 Å². The van der Waals surface area contributed by atoms with Gasteiger partial charge in [0.2, 0.25) is 0 Å². The topological polar surface area (TPSA) is 21.3 Å². The summed E-state index contributed by atoms with van der Waals surface area (Å²) in [6.45, 7) is 1.14. The minimum Gasteiger partial charge on any atom is -0.379 e. The molecule has 0 saturated carbocycles. The maximum absolute atomic E-state index is 5.58. The third-order valence-corrected chi connectivity index (χ3v) is 3.13. The van der Waals surface area contributed by atoms with Crippen molar-refractivity contribution in [1.29, 1.82) is 0 Å². The van der Waals surface area contributed by atoms with Crippen molar-refractivity contribution in [2.75, 3.05) is 13.7 Å². The van der Waals surface area contributed by atoms with E-state index in [4.69, 9.17) is 4.74 Å². The zero-order valence-electron chi connectivity index (χ0n) is 9.28. The van der Waals surface area contributed by atoms with E-state index < -0.39 is 0 Å². The van der Waals surface area contributed by atoms with E-state index >= 15 is 0 Å². The van der Waals surface area contributed by atoms with Crippen molar-refractivity contribution >= 4 is 0 Å².